The van der Waals surface area contributed by atoms with Crippen molar-refractivity contribution < 1.29 is 24.5 Å². The molecule has 2 rings (SSSR count). The van der Waals surface area contributed by atoms with Gasteiger partial charge in [-0.1, -0.05) is 0 Å². The summed E-state index contributed by atoms with van der Waals surface area (Å²) in [6, 6.07) is -1.84. The topological polar surface area (TPSA) is 165 Å². The predicted molar refractivity (Wildman–Crippen MR) is 93.8 cm³/mol. The number of carbonyl (C=O) groups is 3. The van der Waals surface area contributed by atoms with Gasteiger partial charge in [-0.2, -0.15) is 0 Å². The monoisotopic (exact) mass is 369 g/mol. The van der Waals surface area contributed by atoms with Crippen LogP contribution in [0.15, 0.2) is 0 Å². The Morgan fingerprint density at radius 3 is 2.65 bits per heavy atom. The second kappa shape index (κ2) is 9.37. The zero-order valence-electron chi connectivity index (χ0n) is 14.9. The number of rotatable bonds is 8. The summed E-state index contributed by atoms with van der Waals surface area (Å²) in [5.41, 5.74) is 10.6. The fourth-order valence-electron chi connectivity index (χ4n) is 3.46. The molecule has 0 aromatic heterocycles. The van der Waals surface area contributed by atoms with E-state index in [-0.39, 0.29) is 24.3 Å². The molecular formula is C16H29N6O4+. The van der Waals surface area contributed by atoms with Gasteiger partial charge in [0.25, 0.3) is 0 Å². The van der Waals surface area contributed by atoms with Crippen molar-refractivity contribution in [2.75, 3.05) is 19.6 Å². The maximum Gasteiger partial charge on any atom is 0.338 e. The zero-order chi connectivity index (χ0) is 19.1. The number of aliphatic carboxylic acids is 1. The summed E-state index contributed by atoms with van der Waals surface area (Å²) in [5.74, 6) is -1.50. The molecule has 2 heterocycles. The number of carbonyl (C=O) groups excluding carboxylic acids is 2. The molecule has 0 aromatic rings. The third-order valence-corrected chi connectivity index (χ3v) is 4.81. The van der Waals surface area contributed by atoms with Crippen LogP contribution < -0.4 is 27.1 Å². The molecule has 0 radical (unpaired) electrons. The summed E-state index contributed by atoms with van der Waals surface area (Å²) in [5, 5.41) is 15.1. The second-order valence-electron chi connectivity index (χ2n) is 6.76. The van der Waals surface area contributed by atoms with Gasteiger partial charge in [-0.05, 0) is 45.1 Å². The normalized spacial score (nSPS) is 23.5. The van der Waals surface area contributed by atoms with Crippen LogP contribution in [0.1, 0.15) is 38.5 Å². The van der Waals surface area contributed by atoms with E-state index < -0.39 is 24.0 Å². The predicted octanol–water partition coefficient (Wildman–Crippen LogP) is -3.57. The van der Waals surface area contributed by atoms with Crippen LogP contribution in [0.2, 0.25) is 0 Å². The van der Waals surface area contributed by atoms with Gasteiger partial charge in [0.15, 0.2) is 0 Å². The highest BCUT2D eigenvalue weighted by molar-refractivity contribution is 5.92. The number of amides is 2. The third kappa shape index (κ3) is 5.32. The van der Waals surface area contributed by atoms with E-state index in [9.17, 15) is 19.5 Å². The number of carboxylic acid groups (broad SMARTS) is 1. The van der Waals surface area contributed by atoms with E-state index in [1.807, 2.05) is 0 Å². The van der Waals surface area contributed by atoms with Crippen LogP contribution in [-0.2, 0) is 14.4 Å². The van der Waals surface area contributed by atoms with Gasteiger partial charge in [0, 0.05) is 6.54 Å². The Balaban J connectivity index is 1.91. The first-order valence-electron chi connectivity index (χ1n) is 9.09. The minimum Gasteiger partial charge on any atom is -0.480 e. The first-order chi connectivity index (χ1) is 12.4. The summed E-state index contributed by atoms with van der Waals surface area (Å²) in [7, 11) is 0. The Hall–Kier alpha value is -2.36. The second-order valence-corrected chi connectivity index (χ2v) is 6.76. The first kappa shape index (κ1) is 20.0. The quantitative estimate of drug-likeness (QED) is 0.146. The van der Waals surface area contributed by atoms with Gasteiger partial charge in [-0.3, -0.25) is 26.0 Å². The lowest BCUT2D eigenvalue weighted by molar-refractivity contribution is -0.459. The molecule has 0 bridgehead atoms. The number of guanidine groups is 1. The van der Waals surface area contributed by atoms with Crippen LogP contribution in [0.5, 0.6) is 0 Å². The van der Waals surface area contributed by atoms with E-state index in [0.717, 1.165) is 25.8 Å². The fraction of sp³-hybridized carbons (Fsp3) is 0.750. The molecule has 0 aliphatic carbocycles. The average Bonchev–Trinajstić information content (AvgIpc) is 3.27. The number of nitrogens with zero attached hydrogens (tertiary/aromatic N) is 1. The molecule has 2 aliphatic rings. The molecule has 10 heteroatoms. The molecule has 8 N–H and O–H groups in total. The largest absolute Gasteiger partial charge is 0.480 e. The molecule has 2 amide bonds. The molecule has 146 valence electrons. The molecule has 10 nitrogen and oxygen atoms in total. The van der Waals surface area contributed by atoms with Crippen LogP contribution in [0.25, 0.3) is 0 Å². The van der Waals surface area contributed by atoms with E-state index in [1.165, 1.54) is 0 Å². The Labute approximate surface area is 152 Å². The van der Waals surface area contributed by atoms with Crippen molar-refractivity contribution in [3.05, 3.63) is 0 Å². The van der Waals surface area contributed by atoms with E-state index in [4.69, 9.17) is 11.5 Å². The lowest BCUT2D eigenvalue weighted by Crippen LogP contribution is -2.78. The lowest BCUT2D eigenvalue weighted by Gasteiger charge is -2.27. The Morgan fingerprint density at radius 2 is 2.04 bits per heavy atom. The SMILES string of the molecule is NC(N)=[NH+]CCC[C@H](NC(=O)[C@@H]1CCCN1C(=O)[C@@H]1CCCN1)C(=O)O. The molecule has 0 aromatic carbocycles. The Kier molecular flexibility index (Phi) is 7.19. The van der Waals surface area contributed by atoms with Gasteiger partial charge in [0.1, 0.15) is 12.1 Å². The molecule has 0 saturated carbocycles. The van der Waals surface area contributed by atoms with E-state index in [0.29, 0.717) is 25.9 Å². The highest BCUT2D eigenvalue weighted by atomic mass is 16.4. The first-order valence-corrected chi connectivity index (χ1v) is 9.09. The third-order valence-electron chi connectivity index (χ3n) is 4.81. The van der Waals surface area contributed by atoms with Crippen molar-refractivity contribution in [3.8, 4) is 0 Å². The smallest absolute Gasteiger partial charge is 0.338 e. The summed E-state index contributed by atoms with van der Waals surface area (Å²) >= 11 is 0. The number of nitrogens with one attached hydrogen (secondary N) is 3. The van der Waals surface area contributed by atoms with Crippen molar-refractivity contribution in [2.24, 2.45) is 11.5 Å². The average molecular weight is 369 g/mol. The van der Waals surface area contributed by atoms with Crippen LogP contribution in [-0.4, -0.2) is 71.5 Å². The van der Waals surface area contributed by atoms with Crippen molar-refractivity contribution in [1.29, 1.82) is 0 Å². The highest BCUT2D eigenvalue weighted by Crippen LogP contribution is 2.21. The molecule has 0 unspecified atom stereocenters. The maximum atomic E-state index is 12.6. The molecule has 2 saturated heterocycles. The Morgan fingerprint density at radius 1 is 1.27 bits per heavy atom. The molecule has 2 fully saturated rings. The minimum absolute atomic E-state index is 0.0646. The summed E-state index contributed by atoms with van der Waals surface area (Å²) in [6.45, 7) is 1.76. The number of hydrogen-bond donors (Lipinski definition) is 6. The molecular weight excluding hydrogens is 340 g/mol. The lowest BCUT2D eigenvalue weighted by atomic mass is 10.1. The van der Waals surface area contributed by atoms with E-state index >= 15 is 0 Å². The summed E-state index contributed by atoms with van der Waals surface area (Å²) < 4.78 is 0. The standard InChI is InChI=1S/C16H28N6O4/c17-16(18)20-8-2-5-11(15(25)26)21-13(23)12-6-3-9-22(12)14(24)10-4-1-7-19-10/h10-12,19H,1-9H2,(H,21,23)(H,25,26)(H4,17,18,20)/p+1/t10-,11-,12-/m0/s1. The Bertz CT molecular complexity index is 557. The fourth-order valence-corrected chi connectivity index (χ4v) is 3.46. The van der Waals surface area contributed by atoms with Gasteiger partial charge < -0.3 is 20.6 Å². The maximum absolute atomic E-state index is 12.6. The molecule has 26 heavy (non-hydrogen) atoms. The zero-order valence-corrected chi connectivity index (χ0v) is 14.9. The highest BCUT2D eigenvalue weighted by Gasteiger charge is 2.38. The summed E-state index contributed by atoms with van der Waals surface area (Å²) in [6.07, 6.45) is 3.73. The van der Waals surface area contributed by atoms with Crippen LogP contribution >= 0.6 is 0 Å². The van der Waals surface area contributed by atoms with Crippen molar-refractivity contribution in [1.82, 2.24) is 15.5 Å². The minimum atomic E-state index is -1.10. The number of carboxylic acids is 1. The van der Waals surface area contributed by atoms with Crippen molar-refractivity contribution in [2.45, 2.75) is 56.7 Å². The van der Waals surface area contributed by atoms with Gasteiger partial charge in [0.05, 0.1) is 12.6 Å². The van der Waals surface area contributed by atoms with E-state index in [1.54, 1.807) is 4.90 Å². The number of likely N-dealkylation sites (tertiary alicyclic amines) is 1. The molecule has 3 atom stereocenters. The van der Waals surface area contributed by atoms with E-state index in [2.05, 4.69) is 15.6 Å². The van der Waals surface area contributed by atoms with Crippen molar-refractivity contribution in [3.63, 3.8) is 0 Å². The number of hydrogen-bond acceptors (Lipinski definition) is 4. The summed E-state index contributed by atoms with van der Waals surface area (Å²) in [4.78, 5) is 40.9. The van der Waals surface area contributed by atoms with Gasteiger partial charge >= 0.3 is 11.9 Å². The molecule has 0 spiro atoms. The van der Waals surface area contributed by atoms with Gasteiger partial charge in [-0.25, -0.2) is 4.79 Å². The molecule has 2 aliphatic heterocycles. The van der Waals surface area contributed by atoms with Gasteiger partial charge in [-0.15, -0.1) is 0 Å². The van der Waals surface area contributed by atoms with Crippen LogP contribution in [0, 0.1) is 0 Å². The van der Waals surface area contributed by atoms with Crippen molar-refractivity contribution >= 4 is 23.7 Å². The van der Waals surface area contributed by atoms with Crippen LogP contribution in [0.4, 0.5) is 0 Å². The van der Waals surface area contributed by atoms with Crippen LogP contribution in [0.3, 0.4) is 0 Å². The van der Waals surface area contributed by atoms with Gasteiger partial charge in [0.2, 0.25) is 11.8 Å². The number of nitrogens with two attached hydrogens (primary N) is 2.